The molecule has 0 unspecified atom stereocenters. The number of hydrogen-bond acceptors (Lipinski definition) is 6. The van der Waals surface area contributed by atoms with Gasteiger partial charge in [-0.05, 0) is 18.2 Å². The minimum absolute atomic E-state index is 0.0837. The van der Waals surface area contributed by atoms with Gasteiger partial charge in [-0.2, -0.15) is 5.10 Å². The van der Waals surface area contributed by atoms with Crippen molar-refractivity contribution in [1.29, 1.82) is 0 Å². The summed E-state index contributed by atoms with van der Waals surface area (Å²) in [5.41, 5.74) is 0.570. The van der Waals surface area contributed by atoms with Crippen LogP contribution in [-0.4, -0.2) is 31.6 Å². The van der Waals surface area contributed by atoms with Crippen molar-refractivity contribution in [1.82, 2.24) is 20.0 Å². The Bertz CT molecular complexity index is 784. The van der Waals surface area contributed by atoms with E-state index in [0.717, 1.165) is 4.90 Å². The van der Waals surface area contributed by atoms with Gasteiger partial charge in [0.2, 0.25) is 5.91 Å². The Morgan fingerprint density at radius 3 is 2.83 bits per heavy atom. The molecular weight excluding hydrogens is 314 g/mol. The number of aryl methyl sites for hydroxylation is 1. The number of benzene rings is 1. The zero-order valence-electron chi connectivity index (χ0n) is 12.5. The summed E-state index contributed by atoms with van der Waals surface area (Å²) < 4.78 is 7.02. The number of rotatable bonds is 6. The van der Waals surface area contributed by atoms with Gasteiger partial charge >= 0.3 is 6.01 Å². The first kappa shape index (κ1) is 15.3. The van der Waals surface area contributed by atoms with Crippen LogP contribution in [0.3, 0.4) is 0 Å². The molecule has 118 valence electrons. The van der Waals surface area contributed by atoms with E-state index < -0.39 is 0 Å². The summed E-state index contributed by atoms with van der Waals surface area (Å²) in [6.07, 6.45) is 2.14. The number of thioether (sulfide) groups is 1. The largest absolute Gasteiger partial charge is 0.401 e. The van der Waals surface area contributed by atoms with Gasteiger partial charge in [0, 0.05) is 30.3 Å². The molecule has 1 aromatic carbocycles. The number of hydrogen-bond donors (Lipinski definition) is 1. The van der Waals surface area contributed by atoms with Gasteiger partial charge in [0.25, 0.3) is 5.89 Å². The highest BCUT2D eigenvalue weighted by atomic mass is 32.2. The highest BCUT2D eigenvalue weighted by Gasteiger charge is 2.13. The van der Waals surface area contributed by atoms with Crippen molar-refractivity contribution in [2.75, 3.05) is 11.1 Å². The molecule has 1 N–H and O–H groups in total. The lowest BCUT2D eigenvalue weighted by Crippen LogP contribution is -2.12. The van der Waals surface area contributed by atoms with Crippen molar-refractivity contribution < 1.29 is 9.21 Å². The fourth-order valence-electron chi connectivity index (χ4n) is 1.87. The van der Waals surface area contributed by atoms with E-state index in [9.17, 15) is 4.79 Å². The van der Waals surface area contributed by atoms with Crippen LogP contribution in [0.2, 0.25) is 0 Å². The summed E-state index contributed by atoms with van der Waals surface area (Å²) in [7, 11) is 1.80. The number of aromatic nitrogens is 4. The standard InChI is InChI=1S/C15H15N5O2S/c1-20-9-7-12(19-20)14-17-18-15(22-14)16-13(21)8-10-23-11-5-3-2-4-6-11/h2-7,9H,8,10H2,1H3,(H,16,18,21). The van der Waals surface area contributed by atoms with Gasteiger partial charge in [-0.1, -0.05) is 23.3 Å². The lowest BCUT2D eigenvalue weighted by atomic mass is 10.4. The molecule has 0 spiro atoms. The molecule has 0 aliphatic carbocycles. The second kappa shape index (κ2) is 7.10. The Labute approximate surface area is 137 Å². The zero-order valence-corrected chi connectivity index (χ0v) is 13.3. The quantitative estimate of drug-likeness (QED) is 0.700. The molecule has 0 atom stereocenters. The molecule has 1 amide bonds. The van der Waals surface area contributed by atoms with Crippen molar-refractivity contribution in [2.45, 2.75) is 11.3 Å². The molecule has 7 nitrogen and oxygen atoms in total. The molecule has 2 heterocycles. The molecule has 0 aliphatic heterocycles. The van der Waals surface area contributed by atoms with Crippen LogP contribution in [0.4, 0.5) is 6.01 Å². The summed E-state index contributed by atoms with van der Waals surface area (Å²) in [6.45, 7) is 0. The van der Waals surface area contributed by atoms with E-state index in [2.05, 4.69) is 20.6 Å². The van der Waals surface area contributed by atoms with Crippen LogP contribution in [0.1, 0.15) is 6.42 Å². The molecule has 2 aromatic heterocycles. The normalized spacial score (nSPS) is 10.7. The monoisotopic (exact) mass is 329 g/mol. The fourth-order valence-corrected chi connectivity index (χ4v) is 2.74. The van der Waals surface area contributed by atoms with E-state index >= 15 is 0 Å². The minimum atomic E-state index is -0.162. The van der Waals surface area contributed by atoms with Crippen LogP contribution in [0.25, 0.3) is 11.6 Å². The third-order valence-corrected chi connectivity index (χ3v) is 3.96. The average Bonchev–Trinajstić information content (AvgIpc) is 3.17. The van der Waals surface area contributed by atoms with E-state index in [4.69, 9.17) is 4.42 Å². The van der Waals surface area contributed by atoms with Crippen LogP contribution in [0, 0.1) is 0 Å². The predicted octanol–water partition coefficient (Wildman–Crippen LogP) is 2.59. The van der Waals surface area contributed by atoms with Crippen LogP contribution in [-0.2, 0) is 11.8 Å². The number of anilines is 1. The fraction of sp³-hybridized carbons (Fsp3) is 0.200. The van der Waals surface area contributed by atoms with Gasteiger partial charge in [0.05, 0.1) is 0 Å². The Kier molecular flexibility index (Phi) is 4.72. The SMILES string of the molecule is Cn1ccc(-c2nnc(NC(=O)CCSc3ccccc3)o2)n1. The van der Waals surface area contributed by atoms with Crippen LogP contribution in [0.15, 0.2) is 51.9 Å². The highest BCUT2D eigenvalue weighted by molar-refractivity contribution is 7.99. The van der Waals surface area contributed by atoms with Gasteiger partial charge in [-0.25, -0.2) is 0 Å². The summed E-state index contributed by atoms with van der Waals surface area (Å²) in [5, 5.41) is 14.4. The van der Waals surface area contributed by atoms with E-state index in [0.29, 0.717) is 17.9 Å². The van der Waals surface area contributed by atoms with Crippen LogP contribution >= 0.6 is 11.8 Å². The van der Waals surface area contributed by atoms with Gasteiger partial charge in [0.15, 0.2) is 0 Å². The first-order valence-corrected chi connectivity index (χ1v) is 8.00. The molecule has 0 saturated heterocycles. The Balaban J connectivity index is 1.49. The molecule has 8 heteroatoms. The van der Waals surface area contributed by atoms with Crippen molar-refractivity contribution >= 4 is 23.7 Å². The lowest BCUT2D eigenvalue weighted by Gasteiger charge is -2.01. The first-order chi connectivity index (χ1) is 11.2. The molecule has 0 bridgehead atoms. The Morgan fingerprint density at radius 2 is 2.09 bits per heavy atom. The van der Waals surface area contributed by atoms with Crippen LogP contribution in [0.5, 0.6) is 0 Å². The van der Waals surface area contributed by atoms with Gasteiger partial charge < -0.3 is 4.42 Å². The second-order valence-corrected chi connectivity index (χ2v) is 5.92. The van der Waals surface area contributed by atoms with E-state index in [1.807, 2.05) is 30.3 Å². The van der Waals surface area contributed by atoms with Crippen molar-refractivity contribution in [3.05, 3.63) is 42.6 Å². The molecule has 23 heavy (non-hydrogen) atoms. The number of nitrogens with one attached hydrogen (secondary N) is 1. The second-order valence-electron chi connectivity index (χ2n) is 4.75. The third kappa shape index (κ3) is 4.19. The average molecular weight is 329 g/mol. The highest BCUT2D eigenvalue weighted by Crippen LogP contribution is 2.19. The maximum atomic E-state index is 11.9. The number of carbonyl (C=O) groups is 1. The number of nitrogens with zero attached hydrogens (tertiary/aromatic N) is 4. The maximum Gasteiger partial charge on any atom is 0.322 e. The van der Waals surface area contributed by atoms with Gasteiger partial charge in [-0.15, -0.1) is 16.9 Å². The molecule has 3 aromatic rings. The molecule has 0 fully saturated rings. The summed E-state index contributed by atoms with van der Waals surface area (Å²) in [6, 6.07) is 11.8. The van der Waals surface area contributed by atoms with Crippen molar-refractivity contribution in [3.8, 4) is 11.6 Å². The molecule has 0 saturated carbocycles. The minimum Gasteiger partial charge on any atom is -0.401 e. The maximum absolute atomic E-state index is 11.9. The molecule has 0 radical (unpaired) electrons. The van der Waals surface area contributed by atoms with Crippen molar-refractivity contribution in [2.24, 2.45) is 7.05 Å². The Hall–Kier alpha value is -2.61. The number of amides is 1. The van der Waals surface area contributed by atoms with Crippen LogP contribution < -0.4 is 5.32 Å². The van der Waals surface area contributed by atoms with E-state index in [1.165, 1.54) is 0 Å². The summed E-state index contributed by atoms with van der Waals surface area (Å²) in [5.74, 6) is 0.793. The van der Waals surface area contributed by atoms with E-state index in [-0.39, 0.29) is 17.8 Å². The third-order valence-electron chi connectivity index (χ3n) is 2.95. The van der Waals surface area contributed by atoms with Gasteiger partial charge in [0.1, 0.15) is 5.69 Å². The lowest BCUT2D eigenvalue weighted by molar-refractivity contribution is -0.115. The molecular formula is C15H15N5O2S. The summed E-state index contributed by atoms with van der Waals surface area (Å²) >= 11 is 1.62. The zero-order chi connectivity index (χ0) is 16.1. The van der Waals surface area contributed by atoms with Gasteiger partial charge in [-0.3, -0.25) is 14.8 Å². The molecule has 3 rings (SSSR count). The number of carbonyl (C=O) groups excluding carboxylic acids is 1. The topological polar surface area (TPSA) is 85.8 Å². The predicted molar refractivity (Wildman–Crippen MR) is 86.9 cm³/mol. The summed E-state index contributed by atoms with van der Waals surface area (Å²) in [4.78, 5) is 13.0. The van der Waals surface area contributed by atoms with Crippen molar-refractivity contribution in [3.63, 3.8) is 0 Å². The smallest absolute Gasteiger partial charge is 0.322 e. The van der Waals surface area contributed by atoms with E-state index in [1.54, 1.807) is 35.8 Å². The first-order valence-electron chi connectivity index (χ1n) is 7.02. The molecule has 0 aliphatic rings. The Morgan fingerprint density at radius 1 is 1.26 bits per heavy atom.